The van der Waals surface area contributed by atoms with Crippen LogP contribution in [-0.4, -0.2) is 13.4 Å². The van der Waals surface area contributed by atoms with Crippen LogP contribution in [0, 0.1) is 13.8 Å². The van der Waals surface area contributed by atoms with E-state index in [4.69, 9.17) is 5.73 Å². The van der Waals surface area contributed by atoms with Crippen LogP contribution in [0.3, 0.4) is 0 Å². The van der Waals surface area contributed by atoms with Crippen molar-refractivity contribution < 1.29 is 8.42 Å². The molecule has 5 nitrogen and oxygen atoms in total. The van der Waals surface area contributed by atoms with E-state index in [2.05, 4.69) is 9.71 Å². The molecule has 0 bridgehead atoms. The van der Waals surface area contributed by atoms with Crippen LogP contribution >= 0.6 is 0 Å². The Morgan fingerprint density at radius 1 is 1.20 bits per heavy atom. The van der Waals surface area contributed by atoms with Gasteiger partial charge in [0.1, 0.15) is 4.90 Å². The molecule has 0 unspecified atom stereocenters. The van der Waals surface area contributed by atoms with Crippen LogP contribution in [0.1, 0.15) is 16.8 Å². The number of rotatable bonds is 4. The average Bonchev–Trinajstić information content (AvgIpc) is 2.42. The quantitative estimate of drug-likeness (QED) is 0.841. The lowest BCUT2D eigenvalue weighted by Gasteiger charge is -2.13. The van der Waals surface area contributed by atoms with Gasteiger partial charge in [-0.05, 0) is 43.2 Å². The maximum atomic E-state index is 12.4. The van der Waals surface area contributed by atoms with Crippen molar-refractivity contribution in [3.8, 4) is 0 Å². The number of hydrogen-bond acceptors (Lipinski definition) is 4. The van der Waals surface area contributed by atoms with Gasteiger partial charge in [0, 0.05) is 6.20 Å². The van der Waals surface area contributed by atoms with Gasteiger partial charge in [0.05, 0.1) is 17.9 Å². The second-order valence-corrected chi connectivity index (χ2v) is 6.28. The molecule has 0 amide bonds. The van der Waals surface area contributed by atoms with Gasteiger partial charge < -0.3 is 5.73 Å². The number of nitrogens with zero attached hydrogens (tertiary/aromatic N) is 1. The monoisotopic (exact) mass is 291 g/mol. The lowest BCUT2D eigenvalue weighted by Crippen LogP contribution is -2.25. The lowest BCUT2D eigenvalue weighted by molar-refractivity contribution is 0.580. The Balaban J connectivity index is 2.30. The van der Waals surface area contributed by atoms with Crippen LogP contribution in [0.25, 0.3) is 0 Å². The van der Waals surface area contributed by atoms with E-state index < -0.39 is 10.0 Å². The summed E-state index contributed by atoms with van der Waals surface area (Å²) in [7, 11) is -3.66. The number of aryl methyl sites for hydroxylation is 1. The minimum Gasteiger partial charge on any atom is -0.398 e. The van der Waals surface area contributed by atoms with Crippen molar-refractivity contribution in [2.24, 2.45) is 0 Å². The average molecular weight is 291 g/mol. The predicted molar refractivity (Wildman–Crippen MR) is 78.6 cm³/mol. The van der Waals surface area contributed by atoms with Gasteiger partial charge in [-0.1, -0.05) is 12.1 Å². The van der Waals surface area contributed by atoms with Gasteiger partial charge >= 0.3 is 0 Å². The van der Waals surface area contributed by atoms with Crippen LogP contribution in [-0.2, 0) is 16.6 Å². The Kier molecular flexibility index (Phi) is 4.06. The number of benzene rings is 1. The third-order valence-electron chi connectivity index (χ3n) is 3.15. The Morgan fingerprint density at radius 2 is 1.95 bits per heavy atom. The minimum absolute atomic E-state index is 0.135. The molecule has 0 atom stereocenters. The molecule has 0 saturated heterocycles. The lowest BCUT2D eigenvalue weighted by atomic mass is 10.1. The molecule has 2 aromatic rings. The summed E-state index contributed by atoms with van der Waals surface area (Å²) >= 11 is 0. The zero-order valence-electron chi connectivity index (χ0n) is 11.4. The fraction of sp³-hybridized carbons (Fsp3) is 0.214. The van der Waals surface area contributed by atoms with Gasteiger partial charge in [0.2, 0.25) is 10.0 Å². The van der Waals surface area contributed by atoms with E-state index >= 15 is 0 Å². The standard InChI is InChI=1S/C14H17N3O2S/c1-10-6-7-13(15)14(11(10)2)20(18,19)17-9-12-5-3-4-8-16-12/h3-8,17H,9,15H2,1-2H3. The van der Waals surface area contributed by atoms with Crippen LogP contribution in [0.5, 0.6) is 0 Å². The minimum atomic E-state index is -3.66. The molecule has 0 fully saturated rings. The Morgan fingerprint density at radius 3 is 2.60 bits per heavy atom. The van der Waals surface area contributed by atoms with E-state index in [9.17, 15) is 8.42 Å². The summed E-state index contributed by atoms with van der Waals surface area (Å²) in [6.07, 6.45) is 1.62. The molecular formula is C14H17N3O2S. The first-order valence-electron chi connectivity index (χ1n) is 6.17. The third-order valence-corrected chi connectivity index (χ3v) is 4.75. The Bertz CT molecular complexity index is 713. The molecule has 6 heteroatoms. The van der Waals surface area contributed by atoms with E-state index in [0.717, 1.165) is 5.56 Å². The Labute approximate surface area is 118 Å². The molecule has 0 saturated carbocycles. The van der Waals surface area contributed by atoms with Gasteiger partial charge in [-0.2, -0.15) is 0 Å². The summed E-state index contributed by atoms with van der Waals surface area (Å²) in [4.78, 5) is 4.23. The van der Waals surface area contributed by atoms with Crippen LogP contribution < -0.4 is 10.5 Å². The number of pyridine rings is 1. The van der Waals surface area contributed by atoms with Gasteiger partial charge in [0.15, 0.2) is 0 Å². The first-order chi connectivity index (χ1) is 9.42. The predicted octanol–water partition coefficient (Wildman–Crippen LogP) is 1.76. The summed E-state index contributed by atoms with van der Waals surface area (Å²) < 4.78 is 27.3. The van der Waals surface area contributed by atoms with Crippen LogP contribution in [0.4, 0.5) is 5.69 Å². The first kappa shape index (κ1) is 14.5. The second kappa shape index (κ2) is 5.60. The molecule has 1 heterocycles. The number of hydrogen-bond donors (Lipinski definition) is 2. The number of sulfonamides is 1. The molecule has 2 rings (SSSR count). The molecule has 0 aliphatic rings. The molecule has 0 spiro atoms. The Hall–Kier alpha value is -1.92. The third kappa shape index (κ3) is 2.97. The number of anilines is 1. The molecule has 1 aromatic carbocycles. The number of nitrogen functional groups attached to an aromatic ring is 1. The van der Waals surface area contributed by atoms with E-state index in [1.54, 1.807) is 31.3 Å². The largest absolute Gasteiger partial charge is 0.398 e. The topological polar surface area (TPSA) is 85.1 Å². The van der Waals surface area contributed by atoms with Crippen LogP contribution in [0.15, 0.2) is 41.4 Å². The van der Waals surface area contributed by atoms with Gasteiger partial charge in [0.25, 0.3) is 0 Å². The van der Waals surface area contributed by atoms with Crippen molar-refractivity contribution in [1.29, 1.82) is 0 Å². The number of nitrogens with one attached hydrogen (secondary N) is 1. The second-order valence-electron chi connectivity index (χ2n) is 4.57. The number of nitrogens with two attached hydrogens (primary N) is 1. The zero-order chi connectivity index (χ0) is 14.8. The molecular weight excluding hydrogens is 274 g/mol. The van der Waals surface area contributed by atoms with Gasteiger partial charge in [-0.15, -0.1) is 0 Å². The SMILES string of the molecule is Cc1ccc(N)c(S(=O)(=O)NCc2ccccn2)c1C. The highest BCUT2D eigenvalue weighted by Gasteiger charge is 2.20. The summed E-state index contributed by atoms with van der Waals surface area (Å²) in [5.74, 6) is 0. The maximum Gasteiger partial charge on any atom is 0.243 e. The summed E-state index contributed by atoms with van der Waals surface area (Å²) in [6, 6.07) is 8.76. The highest BCUT2D eigenvalue weighted by molar-refractivity contribution is 7.89. The van der Waals surface area contributed by atoms with E-state index in [-0.39, 0.29) is 17.1 Å². The van der Waals surface area contributed by atoms with E-state index in [0.29, 0.717) is 11.3 Å². The first-order valence-corrected chi connectivity index (χ1v) is 7.65. The van der Waals surface area contributed by atoms with Crippen LogP contribution in [0.2, 0.25) is 0 Å². The summed E-state index contributed by atoms with van der Waals surface area (Å²) in [5, 5.41) is 0. The van der Waals surface area contributed by atoms with Crippen molar-refractivity contribution in [2.45, 2.75) is 25.3 Å². The highest BCUT2D eigenvalue weighted by Crippen LogP contribution is 2.25. The summed E-state index contributed by atoms with van der Waals surface area (Å²) in [5.41, 5.74) is 8.27. The number of aromatic nitrogens is 1. The van der Waals surface area contributed by atoms with Gasteiger partial charge in [-0.3, -0.25) is 4.98 Å². The fourth-order valence-corrected chi connectivity index (χ4v) is 3.34. The molecule has 3 N–H and O–H groups in total. The molecule has 0 radical (unpaired) electrons. The maximum absolute atomic E-state index is 12.4. The van der Waals surface area contributed by atoms with Gasteiger partial charge in [-0.25, -0.2) is 13.1 Å². The highest BCUT2D eigenvalue weighted by atomic mass is 32.2. The smallest absolute Gasteiger partial charge is 0.243 e. The van der Waals surface area contributed by atoms with Crippen molar-refractivity contribution in [1.82, 2.24) is 9.71 Å². The zero-order valence-corrected chi connectivity index (χ0v) is 12.2. The molecule has 0 aliphatic carbocycles. The normalized spacial score (nSPS) is 11.5. The van der Waals surface area contributed by atoms with E-state index in [1.807, 2.05) is 19.1 Å². The van der Waals surface area contributed by atoms with E-state index in [1.165, 1.54) is 0 Å². The molecule has 20 heavy (non-hydrogen) atoms. The summed E-state index contributed by atoms with van der Waals surface area (Å²) in [6.45, 7) is 3.74. The van der Waals surface area contributed by atoms with Crippen molar-refractivity contribution in [3.05, 3.63) is 53.3 Å². The fourth-order valence-electron chi connectivity index (χ4n) is 1.91. The van der Waals surface area contributed by atoms with Crippen molar-refractivity contribution in [2.75, 3.05) is 5.73 Å². The molecule has 1 aromatic heterocycles. The van der Waals surface area contributed by atoms with Crippen molar-refractivity contribution >= 4 is 15.7 Å². The van der Waals surface area contributed by atoms with Crippen molar-refractivity contribution in [3.63, 3.8) is 0 Å². The molecule has 106 valence electrons. The molecule has 0 aliphatic heterocycles.